The van der Waals surface area contributed by atoms with E-state index in [9.17, 15) is 0 Å². The molecule has 0 radical (unpaired) electrons. The van der Waals surface area contributed by atoms with Gasteiger partial charge in [-0.1, -0.05) is 12.8 Å². The Hall–Kier alpha value is 0.648. The third kappa shape index (κ3) is 2.46. The van der Waals surface area contributed by atoms with Crippen molar-refractivity contribution in [1.29, 1.82) is 0 Å². The first-order valence-electron chi connectivity index (χ1n) is 2.48. The maximum Gasteiger partial charge on any atom is 0 e. The second-order valence-electron chi connectivity index (χ2n) is 1.83. The molecule has 0 amide bonds. The van der Waals surface area contributed by atoms with Gasteiger partial charge in [0.05, 0.1) is 0 Å². The molecule has 0 spiro atoms. The maximum absolute atomic E-state index is 5.48. The van der Waals surface area contributed by atoms with Gasteiger partial charge in [0.1, 0.15) is 0 Å². The Labute approximate surface area is 58.9 Å². The molecule has 0 bridgehead atoms. The number of rotatable bonds is 0. The van der Waals surface area contributed by atoms with E-state index in [1.54, 1.807) is 0 Å². The number of nitrogens with two attached hydrogens (primary N) is 1. The summed E-state index contributed by atoms with van der Waals surface area (Å²) in [5.74, 6) is 0. The van der Waals surface area contributed by atoms with Crippen LogP contribution >= 0.6 is 0 Å². The summed E-state index contributed by atoms with van der Waals surface area (Å²) < 4.78 is 0. The SMILES string of the molecule is NC1[CH-]CCC1.[W]. The van der Waals surface area contributed by atoms with Crippen molar-refractivity contribution in [2.24, 2.45) is 5.73 Å². The molecule has 0 aromatic carbocycles. The Bertz CT molecular complexity index is 41.3. The van der Waals surface area contributed by atoms with Gasteiger partial charge in [0.25, 0.3) is 0 Å². The maximum atomic E-state index is 5.48. The summed E-state index contributed by atoms with van der Waals surface area (Å²) >= 11 is 0. The molecule has 1 rings (SSSR count). The summed E-state index contributed by atoms with van der Waals surface area (Å²) in [4.78, 5) is 0. The average molecular weight is 268 g/mol. The molecule has 0 aromatic heterocycles. The molecular formula is C5H10NW-. The van der Waals surface area contributed by atoms with Gasteiger partial charge in [-0.05, 0) is 0 Å². The van der Waals surface area contributed by atoms with Crippen molar-refractivity contribution in [3.63, 3.8) is 0 Å². The first-order valence-corrected chi connectivity index (χ1v) is 2.48. The van der Waals surface area contributed by atoms with E-state index in [2.05, 4.69) is 6.42 Å². The minimum atomic E-state index is 0. The molecule has 0 aliphatic heterocycles. The Morgan fingerprint density at radius 1 is 1.57 bits per heavy atom. The van der Waals surface area contributed by atoms with Gasteiger partial charge in [0, 0.05) is 21.1 Å². The molecule has 0 saturated heterocycles. The summed E-state index contributed by atoms with van der Waals surface area (Å²) in [6.07, 6.45) is 5.93. The Morgan fingerprint density at radius 2 is 2.29 bits per heavy atom. The largest absolute Gasteiger partial charge is 0.357 e. The molecule has 0 heterocycles. The van der Waals surface area contributed by atoms with E-state index in [0.717, 1.165) is 0 Å². The van der Waals surface area contributed by atoms with Crippen LogP contribution < -0.4 is 5.73 Å². The molecule has 1 saturated carbocycles. The van der Waals surface area contributed by atoms with E-state index < -0.39 is 0 Å². The first kappa shape index (κ1) is 7.65. The molecule has 1 aliphatic carbocycles. The van der Waals surface area contributed by atoms with Crippen LogP contribution in [0.5, 0.6) is 0 Å². The molecule has 1 fully saturated rings. The minimum Gasteiger partial charge on any atom is -0.357 e. The third-order valence-corrected chi connectivity index (χ3v) is 1.21. The van der Waals surface area contributed by atoms with Crippen molar-refractivity contribution in [2.45, 2.75) is 25.3 Å². The van der Waals surface area contributed by atoms with Crippen LogP contribution in [0.1, 0.15) is 19.3 Å². The summed E-state index contributed by atoms with van der Waals surface area (Å²) in [7, 11) is 0. The zero-order valence-electron chi connectivity index (χ0n) is 4.26. The van der Waals surface area contributed by atoms with Gasteiger partial charge < -0.3 is 12.2 Å². The van der Waals surface area contributed by atoms with Crippen LogP contribution in [0.2, 0.25) is 0 Å². The van der Waals surface area contributed by atoms with Crippen LogP contribution in [0.15, 0.2) is 0 Å². The second-order valence-corrected chi connectivity index (χ2v) is 1.83. The number of hydrogen-bond donors (Lipinski definition) is 1. The molecule has 1 aliphatic rings. The predicted octanol–water partition coefficient (Wildman–Crippen LogP) is 0.699. The molecule has 2 heteroatoms. The predicted molar refractivity (Wildman–Crippen MR) is 26.1 cm³/mol. The fourth-order valence-electron chi connectivity index (χ4n) is 0.803. The Morgan fingerprint density at radius 3 is 2.43 bits per heavy atom. The van der Waals surface area contributed by atoms with E-state index in [-0.39, 0.29) is 21.1 Å². The Kier molecular flexibility index (Phi) is 3.96. The van der Waals surface area contributed by atoms with Crippen LogP contribution in [-0.4, -0.2) is 6.04 Å². The second kappa shape index (κ2) is 3.63. The van der Waals surface area contributed by atoms with Gasteiger partial charge in [-0.15, -0.1) is 6.04 Å². The van der Waals surface area contributed by atoms with Gasteiger partial charge in [-0.2, -0.15) is 6.42 Å². The van der Waals surface area contributed by atoms with Gasteiger partial charge >= 0.3 is 0 Å². The molecule has 1 unspecified atom stereocenters. The van der Waals surface area contributed by atoms with Gasteiger partial charge in [-0.3, -0.25) is 0 Å². The van der Waals surface area contributed by atoms with Crippen LogP contribution in [0.3, 0.4) is 0 Å². The van der Waals surface area contributed by atoms with Crippen molar-refractivity contribution in [3.8, 4) is 0 Å². The van der Waals surface area contributed by atoms with Gasteiger partial charge in [0.2, 0.25) is 0 Å². The van der Waals surface area contributed by atoms with Gasteiger partial charge in [0.15, 0.2) is 0 Å². The van der Waals surface area contributed by atoms with Crippen molar-refractivity contribution < 1.29 is 21.1 Å². The zero-order valence-corrected chi connectivity index (χ0v) is 7.20. The van der Waals surface area contributed by atoms with Crippen molar-refractivity contribution in [1.82, 2.24) is 0 Å². The molecule has 7 heavy (non-hydrogen) atoms. The normalized spacial score (nSPS) is 29.6. The summed E-state index contributed by atoms with van der Waals surface area (Å²) in [6, 6.07) is 0.421. The molecule has 0 aromatic rings. The fraction of sp³-hybridized carbons (Fsp3) is 0.800. The minimum absolute atomic E-state index is 0. The summed E-state index contributed by atoms with van der Waals surface area (Å²) in [5.41, 5.74) is 5.48. The monoisotopic (exact) mass is 268 g/mol. The van der Waals surface area contributed by atoms with E-state index in [4.69, 9.17) is 5.73 Å². The summed E-state index contributed by atoms with van der Waals surface area (Å²) in [5, 5.41) is 0. The van der Waals surface area contributed by atoms with E-state index >= 15 is 0 Å². The average Bonchev–Trinajstić information content (AvgIpc) is 1.86. The molecular weight excluding hydrogens is 258 g/mol. The van der Waals surface area contributed by atoms with Crippen LogP contribution in [0.4, 0.5) is 0 Å². The standard InChI is InChI=1S/C5H10N.W/c6-5-3-1-2-4-5;/h3,5H,1-2,4,6H2;/q-1;. The van der Waals surface area contributed by atoms with Crippen LogP contribution in [0.25, 0.3) is 0 Å². The molecule has 1 nitrogen and oxygen atoms in total. The fourth-order valence-corrected chi connectivity index (χ4v) is 0.803. The quantitative estimate of drug-likeness (QED) is 0.643. The third-order valence-electron chi connectivity index (χ3n) is 1.21. The van der Waals surface area contributed by atoms with Crippen LogP contribution in [0, 0.1) is 6.42 Å². The van der Waals surface area contributed by atoms with Crippen molar-refractivity contribution in [2.75, 3.05) is 0 Å². The zero-order chi connectivity index (χ0) is 4.41. The van der Waals surface area contributed by atoms with E-state index in [1.165, 1.54) is 19.3 Å². The smallest absolute Gasteiger partial charge is 0 e. The van der Waals surface area contributed by atoms with Gasteiger partial charge in [-0.25, -0.2) is 0 Å². The molecule has 2 N–H and O–H groups in total. The summed E-state index contributed by atoms with van der Waals surface area (Å²) in [6.45, 7) is 0. The molecule has 1 atom stereocenters. The van der Waals surface area contributed by atoms with E-state index in [0.29, 0.717) is 6.04 Å². The topological polar surface area (TPSA) is 26.0 Å². The number of hydrogen-bond acceptors (Lipinski definition) is 1. The van der Waals surface area contributed by atoms with E-state index in [1.807, 2.05) is 0 Å². The van der Waals surface area contributed by atoms with Crippen molar-refractivity contribution in [3.05, 3.63) is 6.42 Å². The first-order chi connectivity index (χ1) is 2.89. The Balaban J connectivity index is 0.000000360. The van der Waals surface area contributed by atoms with Crippen molar-refractivity contribution >= 4 is 0 Å². The van der Waals surface area contributed by atoms with Crippen LogP contribution in [-0.2, 0) is 21.1 Å². The molecule has 42 valence electrons.